The molecule has 0 saturated heterocycles. The zero-order valence-electron chi connectivity index (χ0n) is 20.6. The highest BCUT2D eigenvalue weighted by molar-refractivity contribution is 9.11. The van der Waals surface area contributed by atoms with E-state index in [1.807, 2.05) is 31.2 Å². The van der Waals surface area contributed by atoms with Gasteiger partial charge in [0.2, 0.25) is 5.75 Å². The van der Waals surface area contributed by atoms with Crippen LogP contribution in [0.4, 0.5) is 5.69 Å². The Hall–Kier alpha value is -3.57. The van der Waals surface area contributed by atoms with Crippen LogP contribution < -0.4 is 29.7 Å². The molecule has 11 heteroatoms. The maximum atomic E-state index is 13.0. The zero-order chi connectivity index (χ0) is 26.9. The Balaban J connectivity index is 1.75. The van der Waals surface area contributed by atoms with Crippen LogP contribution in [-0.2, 0) is 4.79 Å². The minimum absolute atomic E-state index is 0.0333. The van der Waals surface area contributed by atoms with Crippen LogP contribution in [0.5, 0.6) is 23.0 Å². The van der Waals surface area contributed by atoms with Crippen molar-refractivity contribution < 1.29 is 28.5 Å². The van der Waals surface area contributed by atoms with Crippen LogP contribution in [0.3, 0.4) is 0 Å². The first kappa shape index (κ1) is 28.0. The molecule has 0 aliphatic carbocycles. The number of hydrogen-bond donors (Lipinski definition) is 2. The maximum absolute atomic E-state index is 13.0. The molecule has 0 aromatic heterocycles. The molecule has 3 aromatic rings. The molecule has 37 heavy (non-hydrogen) atoms. The molecular weight excluding hydrogens is 610 g/mol. The van der Waals surface area contributed by atoms with Crippen LogP contribution in [0.15, 0.2) is 62.6 Å². The summed E-state index contributed by atoms with van der Waals surface area (Å²) in [5.74, 6) is 0.175. The number of nitrogens with one attached hydrogen (secondary N) is 2. The topological polar surface area (TPSA) is 107 Å². The van der Waals surface area contributed by atoms with E-state index >= 15 is 0 Å². The number of aryl methyl sites for hydroxylation is 1. The van der Waals surface area contributed by atoms with Crippen molar-refractivity contribution >= 4 is 55.6 Å². The average Bonchev–Trinajstić information content (AvgIpc) is 2.89. The maximum Gasteiger partial charge on any atom is 0.343 e. The Labute approximate surface area is 231 Å². The summed E-state index contributed by atoms with van der Waals surface area (Å²) < 4.78 is 22.8. The Kier molecular flexibility index (Phi) is 9.93. The number of halogens is 2. The fraction of sp³-hybridized carbons (Fsp3) is 0.192. The second-order valence-electron chi connectivity index (χ2n) is 7.62. The van der Waals surface area contributed by atoms with Crippen molar-refractivity contribution in [2.75, 3.05) is 33.2 Å². The van der Waals surface area contributed by atoms with Crippen molar-refractivity contribution in [3.8, 4) is 23.0 Å². The summed E-state index contributed by atoms with van der Waals surface area (Å²) in [4.78, 5) is 25.2. The second-order valence-corrected chi connectivity index (χ2v) is 9.39. The lowest BCUT2D eigenvalue weighted by Crippen LogP contribution is -2.25. The van der Waals surface area contributed by atoms with E-state index < -0.39 is 5.97 Å². The Morgan fingerprint density at radius 1 is 0.919 bits per heavy atom. The van der Waals surface area contributed by atoms with Gasteiger partial charge in [-0.2, -0.15) is 5.10 Å². The van der Waals surface area contributed by atoms with E-state index in [1.54, 1.807) is 12.1 Å². The monoisotopic (exact) mass is 633 g/mol. The van der Waals surface area contributed by atoms with Crippen LogP contribution in [0.2, 0.25) is 0 Å². The molecule has 2 N–H and O–H groups in total. The molecule has 0 bridgehead atoms. The van der Waals surface area contributed by atoms with Gasteiger partial charge < -0.3 is 24.3 Å². The molecule has 0 unspecified atom stereocenters. The summed E-state index contributed by atoms with van der Waals surface area (Å²) in [6, 6.07) is 14.1. The van der Waals surface area contributed by atoms with Crippen molar-refractivity contribution in [1.29, 1.82) is 0 Å². The normalized spacial score (nSPS) is 10.6. The molecule has 0 aliphatic rings. The van der Waals surface area contributed by atoms with E-state index in [9.17, 15) is 9.59 Å². The zero-order valence-corrected chi connectivity index (χ0v) is 23.7. The van der Waals surface area contributed by atoms with Crippen molar-refractivity contribution in [2.24, 2.45) is 5.10 Å². The summed E-state index contributed by atoms with van der Waals surface area (Å²) >= 11 is 6.83. The van der Waals surface area contributed by atoms with E-state index in [4.69, 9.17) is 18.9 Å². The molecule has 9 nitrogen and oxygen atoms in total. The van der Waals surface area contributed by atoms with Gasteiger partial charge in [-0.05, 0) is 59.3 Å². The van der Waals surface area contributed by atoms with E-state index in [1.165, 1.54) is 39.7 Å². The van der Waals surface area contributed by atoms with Gasteiger partial charge in [-0.1, -0.05) is 33.6 Å². The lowest BCUT2D eigenvalue weighted by atomic mass is 10.1. The number of amides is 1. The number of rotatable bonds is 10. The molecule has 1 amide bonds. The number of benzene rings is 3. The molecule has 0 atom stereocenters. The van der Waals surface area contributed by atoms with Gasteiger partial charge in [0.25, 0.3) is 5.91 Å². The van der Waals surface area contributed by atoms with Gasteiger partial charge in [0, 0.05) is 15.7 Å². The third-order valence-electron chi connectivity index (χ3n) is 5.03. The van der Waals surface area contributed by atoms with Gasteiger partial charge in [0.05, 0.1) is 44.1 Å². The molecule has 194 valence electrons. The number of hydrazone groups is 1. The predicted molar refractivity (Wildman–Crippen MR) is 148 cm³/mol. The molecule has 0 heterocycles. The third kappa shape index (κ3) is 7.46. The van der Waals surface area contributed by atoms with Gasteiger partial charge in [0.1, 0.15) is 0 Å². The third-order valence-corrected chi connectivity index (χ3v) is 6.08. The number of anilines is 1. The van der Waals surface area contributed by atoms with E-state index in [2.05, 4.69) is 47.7 Å². The lowest BCUT2D eigenvalue weighted by molar-refractivity contribution is -0.119. The molecular formula is C26H25Br2N3O6. The standard InChI is InChI=1S/C26H25Br2N3O6/c1-15-5-7-19(8-6-15)29-14-23(32)31-30-13-17-9-18(27)12-20(28)24(17)37-26(33)16-10-21(34-2)25(36-4)22(11-16)35-3/h5-13,29H,14H2,1-4H3,(H,31,32)/b30-13-. The fourth-order valence-electron chi connectivity index (χ4n) is 3.20. The van der Waals surface area contributed by atoms with Crippen molar-refractivity contribution in [2.45, 2.75) is 6.92 Å². The highest BCUT2D eigenvalue weighted by Crippen LogP contribution is 2.39. The smallest absolute Gasteiger partial charge is 0.343 e. The first-order chi connectivity index (χ1) is 17.7. The Morgan fingerprint density at radius 2 is 1.57 bits per heavy atom. The minimum Gasteiger partial charge on any atom is -0.493 e. The SMILES string of the molecule is COc1cc(C(=O)Oc2c(Br)cc(Br)cc2/C=N\NC(=O)CNc2ccc(C)cc2)cc(OC)c1OC. The summed E-state index contributed by atoms with van der Waals surface area (Å²) in [5, 5.41) is 7.04. The number of carbonyl (C=O) groups excluding carboxylic acids is 2. The second kappa shape index (κ2) is 13.1. The van der Waals surface area contributed by atoms with E-state index in [0.29, 0.717) is 31.8 Å². The number of methoxy groups -OCH3 is 3. The van der Waals surface area contributed by atoms with Crippen molar-refractivity contribution in [3.05, 3.63) is 74.2 Å². The predicted octanol–water partition coefficient (Wildman–Crippen LogP) is 5.33. The van der Waals surface area contributed by atoms with E-state index in [0.717, 1.165) is 11.3 Å². The highest BCUT2D eigenvalue weighted by Gasteiger charge is 2.20. The number of carbonyl (C=O) groups is 2. The van der Waals surface area contributed by atoms with E-state index in [-0.39, 0.29) is 23.8 Å². The first-order valence-corrected chi connectivity index (χ1v) is 12.5. The Bertz CT molecular complexity index is 1290. The van der Waals surface area contributed by atoms with Gasteiger partial charge >= 0.3 is 5.97 Å². The summed E-state index contributed by atoms with van der Waals surface area (Å²) in [6.45, 7) is 2.02. The van der Waals surface area contributed by atoms with Gasteiger partial charge in [-0.3, -0.25) is 4.79 Å². The van der Waals surface area contributed by atoms with Gasteiger partial charge in [0.15, 0.2) is 17.2 Å². The molecule has 0 spiro atoms. The van der Waals surface area contributed by atoms with Crippen LogP contribution in [-0.4, -0.2) is 46.0 Å². The lowest BCUT2D eigenvalue weighted by Gasteiger charge is -2.15. The quantitative estimate of drug-likeness (QED) is 0.134. The summed E-state index contributed by atoms with van der Waals surface area (Å²) in [6.07, 6.45) is 1.39. The molecule has 0 radical (unpaired) electrons. The molecule has 3 aromatic carbocycles. The van der Waals surface area contributed by atoms with Crippen molar-refractivity contribution in [1.82, 2.24) is 5.43 Å². The largest absolute Gasteiger partial charge is 0.493 e. The molecule has 0 fully saturated rings. The number of esters is 1. The van der Waals surface area contributed by atoms with Gasteiger partial charge in [-0.25, -0.2) is 10.2 Å². The summed E-state index contributed by atoms with van der Waals surface area (Å²) in [7, 11) is 4.38. The number of ether oxygens (including phenoxy) is 4. The van der Waals surface area contributed by atoms with Crippen molar-refractivity contribution in [3.63, 3.8) is 0 Å². The van der Waals surface area contributed by atoms with Crippen LogP contribution in [0.1, 0.15) is 21.5 Å². The average molecular weight is 635 g/mol. The highest BCUT2D eigenvalue weighted by atomic mass is 79.9. The minimum atomic E-state index is -0.664. The van der Waals surface area contributed by atoms with Gasteiger partial charge in [-0.15, -0.1) is 0 Å². The molecule has 0 aliphatic heterocycles. The number of hydrogen-bond acceptors (Lipinski definition) is 8. The van der Waals surface area contributed by atoms with Crippen LogP contribution >= 0.6 is 31.9 Å². The fourth-order valence-corrected chi connectivity index (χ4v) is 4.54. The van der Waals surface area contributed by atoms with Crippen LogP contribution in [0.25, 0.3) is 0 Å². The molecule has 3 rings (SSSR count). The Morgan fingerprint density at radius 3 is 2.16 bits per heavy atom. The number of nitrogens with zero attached hydrogens (tertiary/aromatic N) is 1. The van der Waals surface area contributed by atoms with Crippen LogP contribution in [0, 0.1) is 6.92 Å². The summed E-state index contributed by atoms with van der Waals surface area (Å²) in [5.41, 5.74) is 5.03. The molecule has 0 saturated carbocycles. The first-order valence-electron chi connectivity index (χ1n) is 10.9.